The van der Waals surface area contributed by atoms with Gasteiger partial charge in [-0.2, -0.15) is 18.3 Å². The summed E-state index contributed by atoms with van der Waals surface area (Å²) in [5.74, 6) is -2.37. The number of carbonyl (C=O) groups excluding carboxylic acids is 2. The van der Waals surface area contributed by atoms with Gasteiger partial charge in [0.25, 0.3) is 5.91 Å². The van der Waals surface area contributed by atoms with Crippen LogP contribution in [0.25, 0.3) is 0 Å². The van der Waals surface area contributed by atoms with Crippen LogP contribution < -0.4 is 0 Å². The maximum atomic E-state index is 14.2. The highest BCUT2D eigenvalue weighted by molar-refractivity contribution is 6.40. The number of halogens is 5. The first-order chi connectivity index (χ1) is 18.7. The fourth-order valence-electron chi connectivity index (χ4n) is 7.59. The first kappa shape index (κ1) is 27.6. The van der Waals surface area contributed by atoms with Crippen LogP contribution in [0.2, 0.25) is 10.0 Å². The zero-order valence-corrected chi connectivity index (χ0v) is 23.3. The monoisotopic (exact) mass is 597 g/mol. The fraction of sp³-hybridized carbons (Fsp3) is 0.571. The van der Waals surface area contributed by atoms with E-state index in [0.717, 1.165) is 6.20 Å². The smallest absolute Gasteiger partial charge is 0.435 e. The zero-order chi connectivity index (χ0) is 28.9. The number of carboxylic acid groups (broad SMARTS) is 1. The third kappa shape index (κ3) is 4.42. The number of fused-ring (bicyclic) bond motifs is 2. The molecule has 0 saturated heterocycles. The molecule has 4 saturated carbocycles. The largest absolute Gasteiger partial charge is 0.481 e. The first-order valence-corrected chi connectivity index (χ1v) is 14.1. The molecule has 3 unspecified atom stereocenters. The van der Waals surface area contributed by atoms with E-state index in [1.54, 1.807) is 6.07 Å². The summed E-state index contributed by atoms with van der Waals surface area (Å²) in [5.41, 5.74) is -1.79. The molecule has 12 heteroatoms. The number of hydrogen-bond donors (Lipinski definition) is 1. The van der Waals surface area contributed by atoms with Gasteiger partial charge in [-0.3, -0.25) is 19.1 Å². The van der Waals surface area contributed by atoms with Gasteiger partial charge in [0.1, 0.15) is 0 Å². The Bertz CT molecular complexity index is 1380. The van der Waals surface area contributed by atoms with Crippen LogP contribution in [0.3, 0.4) is 0 Å². The molecule has 214 valence electrons. The van der Waals surface area contributed by atoms with Gasteiger partial charge in [-0.05, 0) is 66.9 Å². The molecule has 2 aromatic rings. The minimum atomic E-state index is -4.90. The normalized spacial score (nSPS) is 31.4. The van der Waals surface area contributed by atoms with Crippen LogP contribution in [0.1, 0.15) is 72.0 Å². The van der Waals surface area contributed by atoms with Crippen molar-refractivity contribution in [2.45, 2.75) is 57.8 Å². The lowest BCUT2D eigenvalue weighted by Gasteiger charge is -2.31. The summed E-state index contributed by atoms with van der Waals surface area (Å²) in [6.07, 6.45) is -1.82. The first-order valence-electron chi connectivity index (χ1n) is 13.4. The molecule has 1 aromatic carbocycles. The van der Waals surface area contributed by atoms with Crippen LogP contribution in [-0.2, 0) is 11.0 Å². The van der Waals surface area contributed by atoms with Crippen LogP contribution in [-0.4, -0.2) is 50.0 Å². The van der Waals surface area contributed by atoms with Crippen LogP contribution in [0.5, 0.6) is 0 Å². The van der Waals surface area contributed by atoms with Crippen molar-refractivity contribution in [3.8, 4) is 0 Å². The molecule has 1 heterocycles. The van der Waals surface area contributed by atoms with Crippen molar-refractivity contribution in [3.63, 3.8) is 0 Å². The van der Waals surface area contributed by atoms with Crippen molar-refractivity contribution in [3.05, 3.63) is 51.3 Å². The van der Waals surface area contributed by atoms with Crippen LogP contribution in [0, 0.1) is 35.0 Å². The Morgan fingerprint density at radius 3 is 2.17 bits per heavy atom. The van der Waals surface area contributed by atoms with Gasteiger partial charge < -0.3 is 10.0 Å². The average Bonchev–Trinajstić information content (AvgIpc) is 3.35. The number of amides is 1. The number of nitrogens with zero attached hydrogens (tertiary/aromatic N) is 3. The lowest BCUT2D eigenvalue weighted by Crippen LogP contribution is -2.44. The predicted octanol–water partition coefficient (Wildman–Crippen LogP) is 6.25. The molecule has 0 spiro atoms. The highest BCUT2D eigenvalue weighted by atomic mass is 35.5. The second-order valence-electron chi connectivity index (χ2n) is 12.3. The van der Waals surface area contributed by atoms with Gasteiger partial charge in [0.05, 0.1) is 39.7 Å². The number of carboxylic acids is 1. The Hall–Kier alpha value is -2.59. The Labute approximate surface area is 238 Å². The molecule has 7 atom stereocenters. The summed E-state index contributed by atoms with van der Waals surface area (Å²) < 4.78 is 43.7. The lowest BCUT2D eigenvalue weighted by molar-refractivity contribution is -0.142. The third-order valence-electron chi connectivity index (χ3n) is 9.91. The van der Waals surface area contributed by atoms with E-state index in [2.05, 4.69) is 18.9 Å². The Morgan fingerprint density at radius 2 is 1.65 bits per heavy atom. The minimum Gasteiger partial charge on any atom is -0.481 e. The Kier molecular flexibility index (Phi) is 6.35. The van der Waals surface area contributed by atoms with E-state index < -0.39 is 59.6 Å². The summed E-state index contributed by atoms with van der Waals surface area (Å²) in [4.78, 5) is 39.9. The molecule has 6 rings (SSSR count). The Morgan fingerprint density at radius 1 is 1.07 bits per heavy atom. The van der Waals surface area contributed by atoms with E-state index in [-0.39, 0.29) is 32.9 Å². The van der Waals surface area contributed by atoms with Crippen LogP contribution in [0.15, 0.2) is 24.4 Å². The van der Waals surface area contributed by atoms with Gasteiger partial charge in [-0.1, -0.05) is 43.1 Å². The van der Waals surface area contributed by atoms with Gasteiger partial charge in [0, 0.05) is 12.2 Å². The fourth-order valence-corrected chi connectivity index (χ4v) is 8.20. The number of aromatic nitrogens is 2. The molecule has 0 radical (unpaired) electrons. The molecule has 0 bridgehead atoms. The number of hydrogen-bond acceptors (Lipinski definition) is 4. The minimum absolute atomic E-state index is 0.0250. The molecule has 4 aliphatic rings. The zero-order valence-electron chi connectivity index (χ0n) is 21.8. The van der Waals surface area contributed by atoms with E-state index in [0.29, 0.717) is 37.5 Å². The number of benzene rings is 1. The van der Waals surface area contributed by atoms with Crippen LogP contribution in [0.4, 0.5) is 13.2 Å². The molecule has 4 fully saturated rings. The van der Waals surface area contributed by atoms with E-state index in [1.165, 1.54) is 21.7 Å². The van der Waals surface area contributed by atoms with Gasteiger partial charge in [-0.15, -0.1) is 0 Å². The molecule has 1 aromatic heterocycles. The van der Waals surface area contributed by atoms with Crippen molar-refractivity contribution >= 4 is 40.9 Å². The number of alkyl halides is 3. The molecular formula is C28H28Cl2F3N3O4. The predicted molar refractivity (Wildman–Crippen MR) is 139 cm³/mol. The van der Waals surface area contributed by atoms with E-state index >= 15 is 0 Å². The number of carbonyl (C=O) groups is 3. The standard InChI is InChI=1S/C28H28Cl2F3N3O4/c1-27(2)17-8-12(9-18(17)27)35(11-21(37)23-19(29)4-3-5-20(23)30)25(38)16-10-36(34-24(16)28(31,32)33)13-6-14-15(7-13)22(14)26(39)40/h3-5,10,12-15,17-18,22H,6-9,11H2,1-2H3,(H,39,40)/t12?,13?,14-,15+,17-,18+,22?. The van der Waals surface area contributed by atoms with Gasteiger partial charge >= 0.3 is 12.1 Å². The maximum absolute atomic E-state index is 14.2. The Balaban J connectivity index is 1.31. The van der Waals surface area contributed by atoms with E-state index in [4.69, 9.17) is 23.2 Å². The summed E-state index contributed by atoms with van der Waals surface area (Å²) >= 11 is 12.5. The van der Waals surface area contributed by atoms with Crippen molar-refractivity contribution in [2.75, 3.05) is 6.54 Å². The molecule has 4 aliphatic carbocycles. The SMILES string of the molecule is CC1(C)[C@@H]2CC(N(CC(=O)c3c(Cl)cccc3Cl)C(=O)c3cn(C4C[C@@H]5C(C(=O)O)[C@@H]5C4)nc3C(F)(F)F)C[C@@H]21. The summed E-state index contributed by atoms with van der Waals surface area (Å²) in [5, 5.41) is 13.3. The highest BCUT2D eigenvalue weighted by Crippen LogP contribution is 2.67. The number of aliphatic carboxylic acids is 1. The molecular weight excluding hydrogens is 570 g/mol. The third-order valence-corrected chi connectivity index (χ3v) is 10.5. The quantitative estimate of drug-likeness (QED) is 0.381. The van der Waals surface area contributed by atoms with Gasteiger partial charge in [-0.25, -0.2) is 0 Å². The second-order valence-corrected chi connectivity index (χ2v) is 13.1. The van der Waals surface area contributed by atoms with Crippen molar-refractivity contribution in [2.24, 2.45) is 35.0 Å². The van der Waals surface area contributed by atoms with Crippen molar-refractivity contribution in [1.82, 2.24) is 14.7 Å². The van der Waals surface area contributed by atoms with Gasteiger partial charge in [0.15, 0.2) is 11.5 Å². The molecule has 40 heavy (non-hydrogen) atoms. The van der Waals surface area contributed by atoms with Crippen molar-refractivity contribution in [1.29, 1.82) is 0 Å². The maximum Gasteiger partial charge on any atom is 0.435 e. The molecule has 0 aliphatic heterocycles. The van der Waals surface area contributed by atoms with E-state index in [9.17, 15) is 32.7 Å². The average molecular weight is 598 g/mol. The van der Waals surface area contributed by atoms with Crippen LogP contribution >= 0.6 is 23.2 Å². The number of ketones is 1. The van der Waals surface area contributed by atoms with E-state index in [1.807, 2.05) is 0 Å². The number of Topliss-reactive ketones (excluding diaryl/α,β-unsaturated/α-hetero) is 1. The summed E-state index contributed by atoms with van der Waals surface area (Å²) in [6, 6.07) is 3.72. The number of rotatable bonds is 7. The lowest BCUT2D eigenvalue weighted by atomic mass is 9.96. The highest BCUT2D eigenvalue weighted by Gasteiger charge is 2.63. The van der Waals surface area contributed by atoms with Crippen molar-refractivity contribution < 1.29 is 32.7 Å². The summed E-state index contributed by atoms with van der Waals surface area (Å²) in [6.45, 7) is 3.79. The molecule has 7 nitrogen and oxygen atoms in total. The second kappa shape index (κ2) is 9.21. The van der Waals surface area contributed by atoms with Gasteiger partial charge in [0.2, 0.25) is 0 Å². The topological polar surface area (TPSA) is 92.5 Å². The molecule has 1 N–H and O–H groups in total. The summed E-state index contributed by atoms with van der Waals surface area (Å²) in [7, 11) is 0. The molecule has 1 amide bonds.